The van der Waals surface area contributed by atoms with Crippen LogP contribution in [0.25, 0.3) is 11.1 Å². The van der Waals surface area contributed by atoms with Gasteiger partial charge in [0.2, 0.25) is 0 Å². The molecule has 3 rings (SSSR count). The molecule has 0 radical (unpaired) electrons. The van der Waals surface area contributed by atoms with Crippen molar-refractivity contribution in [2.75, 3.05) is 13.2 Å². The highest BCUT2D eigenvalue weighted by atomic mass is 19.1. The van der Waals surface area contributed by atoms with E-state index in [1.54, 1.807) is 54.6 Å². The van der Waals surface area contributed by atoms with Gasteiger partial charge in [-0.05, 0) is 85.8 Å². The van der Waals surface area contributed by atoms with Crippen molar-refractivity contribution >= 4 is 11.9 Å². The van der Waals surface area contributed by atoms with Crippen LogP contribution in [0.3, 0.4) is 0 Å². The number of ether oxygens (including phenoxy) is 4. The molecule has 0 bridgehead atoms. The first-order valence-corrected chi connectivity index (χ1v) is 18.0. The van der Waals surface area contributed by atoms with Crippen LogP contribution >= 0.6 is 0 Å². The predicted octanol–water partition coefficient (Wildman–Crippen LogP) is 11.2. The molecule has 0 fully saturated rings. The van der Waals surface area contributed by atoms with Crippen LogP contribution in [0.2, 0.25) is 0 Å². The quantitative estimate of drug-likeness (QED) is 0.0572. The average molecular weight is 663 g/mol. The van der Waals surface area contributed by atoms with Crippen LogP contribution in [0, 0.1) is 5.82 Å². The fourth-order valence-electron chi connectivity index (χ4n) is 5.50. The van der Waals surface area contributed by atoms with Crippen molar-refractivity contribution < 1.29 is 32.9 Å². The van der Waals surface area contributed by atoms with Crippen LogP contribution in [0.15, 0.2) is 66.7 Å². The summed E-state index contributed by atoms with van der Waals surface area (Å²) in [6, 6.07) is 18.0. The summed E-state index contributed by atoms with van der Waals surface area (Å²) >= 11 is 0. The van der Waals surface area contributed by atoms with Gasteiger partial charge in [-0.3, -0.25) is 0 Å². The number of rotatable bonds is 23. The summed E-state index contributed by atoms with van der Waals surface area (Å²) in [6.45, 7) is 9.06. The first kappa shape index (κ1) is 38.7. The second kappa shape index (κ2) is 22.0. The topological polar surface area (TPSA) is 71.1 Å². The van der Waals surface area contributed by atoms with Gasteiger partial charge in [0.05, 0.1) is 29.9 Å². The zero-order valence-corrected chi connectivity index (χ0v) is 29.4. The first-order chi connectivity index (χ1) is 23.3. The van der Waals surface area contributed by atoms with E-state index in [9.17, 15) is 14.0 Å². The van der Waals surface area contributed by atoms with Crippen LogP contribution in [-0.4, -0.2) is 37.4 Å². The van der Waals surface area contributed by atoms with E-state index in [2.05, 4.69) is 13.8 Å². The van der Waals surface area contributed by atoms with E-state index in [4.69, 9.17) is 18.9 Å². The van der Waals surface area contributed by atoms with Crippen LogP contribution in [0.4, 0.5) is 4.39 Å². The lowest BCUT2D eigenvalue weighted by Crippen LogP contribution is -2.25. The molecule has 0 heterocycles. The van der Waals surface area contributed by atoms with Gasteiger partial charge in [0.1, 0.15) is 12.4 Å². The lowest BCUT2D eigenvalue weighted by Gasteiger charge is -2.21. The molecule has 0 aromatic heterocycles. The smallest absolute Gasteiger partial charge is 0.343 e. The number of benzene rings is 3. The van der Waals surface area contributed by atoms with Crippen LogP contribution in [0.5, 0.6) is 11.5 Å². The van der Waals surface area contributed by atoms with E-state index in [-0.39, 0.29) is 24.6 Å². The summed E-state index contributed by atoms with van der Waals surface area (Å²) in [5.41, 5.74) is 2.17. The maximum Gasteiger partial charge on any atom is 0.343 e. The van der Waals surface area contributed by atoms with Crippen molar-refractivity contribution in [3.63, 3.8) is 0 Å². The van der Waals surface area contributed by atoms with Crippen molar-refractivity contribution in [3.05, 3.63) is 83.7 Å². The standard InChI is InChI=1S/C41H55FO6/c1-5-8-9-10-11-12-13-14-15-16-28-45-39-27-24-35(29-38(39)42)32-18-20-34(21-19-32)41(44)48-37-25-22-33(23-26-37)40(43)46-30-36(7-3)47-31(4)17-6-2/h18-27,29,31,36H,5-17,28,30H2,1-4H3/t31?,36-/m0/s1. The van der Waals surface area contributed by atoms with Crippen molar-refractivity contribution in [1.29, 1.82) is 0 Å². The highest BCUT2D eigenvalue weighted by molar-refractivity contribution is 5.92. The maximum absolute atomic E-state index is 14.8. The minimum absolute atomic E-state index is 0.113. The number of hydrogen-bond donors (Lipinski definition) is 0. The summed E-state index contributed by atoms with van der Waals surface area (Å²) < 4.78 is 37.4. The molecule has 1 unspecified atom stereocenters. The number of carbonyl (C=O) groups is 2. The van der Waals surface area contributed by atoms with Crippen molar-refractivity contribution in [3.8, 4) is 22.6 Å². The van der Waals surface area contributed by atoms with Gasteiger partial charge in [0, 0.05) is 0 Å². The van der Waals surface area contributed by atoms with Crippen LogP contribution < -0.4 is 9.47 Å². The van der Waals surface area contributed by atoms with Gasteiger partial charge < -0.3 is 18.9 Å². The molecular weight excluding hydrogens is 607 g/mol. The SMILES string of the molecule is CCCCCCCCCCCCOc1ccc(-c2ccc(C(=O)Oc3ccc(C(=O)OC[C@H](CC)OC(C)CCC)cc3)cc2)cc1F. The number of carbonyl (C=O) groups excluding carboxylic acids is 2. The van der Waals surface area contributed by atoms with E-state index in [0.29, 0.717) is 29.0 Å². The zero-order valence-electron chi connectivity index (χ0n) is 29.4. The van der Waals surface area contributed by atoms with E-state index in [1.807, 2.05) is 19.9 Å². The lowest BCUT2D eigenvalue weighted by molar-refractivity contribution is -0.0444. The van der Waals surface area contributed by atoms with E-state index >= 15 is 0 Å². The second-order valence-corrected chi connectivity index (χ2v) is 12.5. The van der Waals surface area contributed by atoms with Gasteiger partial charge in [-0.2, -0.15) is 0 Å². The minimum Gasteiger partial charge on any atom is -0.491 e. The molecule has 0 saturated heterocycles. The molecule has 48 heavy (non-hydrogen) atoms. The molecule has 7 heteroatoms. The van der Waals surface area contributed by atoms with Crippen LogP contribution in [-0.2, 0) is 9.47 Å². The molecular formula is C41H55FO6. The molecule has 2 atom stereocenters. The summed E-state index contributed by atoms with van der Waals surface area (Å²) in [7, 11) is 0. The Labute approximate surface area is 287 Å². The molecule has 262 valence electrons. The summed E-state index contributed by atoms with van der Waals surface area (Å²) in [6.07, 6.45) is 15.1. The summed E-state index contributed by atoms with van der Waals surface area (Å²) in [5, 5.41) is 0. The molecule has 3 aromatic rings. The van der Waals surface area contributed by atoms with Gasteiger partial charge in [-0.15, -0.1) is 0 Å². The number of halogens is 1. The fraction of sp³-hybridized carbons (Fsp3) is 0.512. The van der Waals surface area contributed by atoms with E-state index < -0.39 is 17.8 Å². The van der Waals surface area contributed by atoms with Crippen molar-refractivity contribution in [2.45, 2.75) is 123 Å². The van der Waals surface area contributed by atoms with Gasteiger partial charge in [-0.25, -0.2) is 14.0 Å². The zero-order chi connectivity index (χ0) is 34.6. The highest BCUT2D eigenvalue weighted by Gasteiger charge is 2.16. The molecule has 0 aliphatic rings. The third-order valence-electron chi connectivity index (χ3n) is 8.42. The van der Waals surface area contributed by atoms with Gasteiger partial charge in [0.15, 0.2) is 11.6 Å². The normalized spacial score (nSPS) is 12.4. The highest BCUT2D eigenvalue weighted by Crippen LogP contribution is 2.27. The Balaban J connectivity index is 1.41. The van der Waals surface area contributed by atoms with E-state index in [0.717, 1.165) is 37.7 Å². The molecule has 0 spiro atoms. The Hall–Kier alpha value is -3.71. The Bertz CT molecular complexity index is 1350. The van der Waals surface area contributed by atoms with Crippen molar-refractivity contribution in [1.82, 2.24) is 0 Å². The molecule has 0 aliphatic carbocycles. The number of unbranched alkanes of at least 4 members (excludes halogenated alkanes) is 9. The first-order valence-electron chi connectivity index (χ1n) is 18.0. The maximum atomic E-state index is 14.8. The molecule has 0 aliphatic heterocycles. The second-order valence-electron chi connectivity index (χ2n) is 12.5. The third kappa shape index (κ3) is 13.8. The largest absolute Gasteiger partial charge is 0.491 e. The molecule has 6 nitrogen and oxygen atoms in total. The summed E-state index contributed by atoms with van der Waals surface area (Å²) in [5.74, 6) is -0.846. The van der Waals surface area contributed by atoms with E-state index in [1.165, 1.54) is 57.4 Å². The average Bonchev–Trinajstić information content (AvgIpc) is 3.10. The third-order valence-corrected chi connectivity index (χ3v) is 8.42. The van der Waals surface area contributed by atoms with Gasteiger partial charge >= 0.3 is 11.9 Å². The number of hydrogen-bond acceptors (Lipinski definition) is 6. The van der Waals surface area contributed by atoms with Gasteiger partial charge in [-0.1, -0.05) is 103 Å². The minimum atomic E-state index is -0.539. The Morgan fingerprint density at radius 2 is 1.27 bits per heavy atom. The van der Waals surface area contributed by atoms with Crippen molar-refractivity contribution in [2.24, 2.45) is 0 Å². The molecule has 3 aromatic carbocycles. The molecule has 0 amide bonds. The Morgan fingerprint density at radius 3 is 1.88 bits per heavy atom. The van der Waals surface area contributed by atoms with Gasteiger partial charge in [0.25, 0.3) is 0 Å². The van der Waals surface area contributed by atoms with Crippen LogP contribution in [0.1, 0.15) is 132 Å². The Morgan fingerprint density at radius 1 is 0.688 bits per heavy atom. The molecule has 0 N–H and O–H groups in total. The number of esters is 2. The molecule has 0 saturated carbocycles. The fourth-order valence-corrected chi connectivity index (χ4v) is 5.50. The Kier molecular flexibility index (Phi) is 17.8. The predicted molar refractivity (Wildman–Crippen MR) is 190 cm³/mol. The monoisotopic (exact) mass is 662 g/mol. The lowest BCUT2D eigenvalue weighted by atomic mass is 10.0. The summed E-state index contributed by atoms with van der Waals surface area (Å²) in [4.78, 5) is 25.3.